The minimum atomic E-state index is -0.0473. The van der Waals surface area contributed by atoms with Crippen molar-refractivity contribution < 1.29 is 0 Å². The molecule has 0 atom stereocenters. The Balaban J connectivity index is 2.63. The Kier molecular flexibility index (Phi) is 5.69. The second-order valence-electron chi connectivity index (χ2n) is 4.55. The third-order valence-corrected chi connectivity index (χ3v) is 2.40. The number of rotatable bonds is 7. The molecular formula is C12H22N4O. The van der Waals surface area contributed by atoms with E-state index in [-0.39, 0.29) is 5.56 Å². The molecule has 1 aromatic heterocycles. The summed E-state index contributed by atoms with van der Waals surface area (Å²) in [4.78, 5) is 16.0. The van der Waals surface area contributed by atoms with Gasteiger partial charge in [0.2, 0.25) is 0 Å². The van der Waals surface area contributed by atoms with Crippen molar-refractivity contribution in [1.82, 2.24) is 9.55 Å². The molecule has 0 amide bonds. The van der Waals surface area contributed by atoms with Crippen molar-refractivity contribution >= 4 is 5.82 Å². The summed E-state index contributed by atoms with van der Waals surface area (Å²) in [7, 11) is 0. The third-order valence-electron chi connectivity index (χ3n) is 2.40. The van der Waals surface area contributed by atoms with Gasteiger partial charge in [-0.3, -0.25) is 4.79 Å². The Morgan fingerprint density at radius 1 is 1.47 bits per heavy atom. The summed E-state index contributed by atoms with van der Waals surface area (Å²) < 4.78 is 1.70. The lowest BCUT2D eigenvalue weighted by Gasteiger charge is -2.10. The molecular weight excluding hydrogens is 216 g/mol. The van der Waals surface area contributed by atoms with Crippen molar-refractivity contribution in [3.63, 3.8) is 0 Å². The number of nitrogens with two attached hydrogens (primary N) is 1. The van der Waals surface area contributed by atoms with Crippen LogP contribution in [0, 0.1) is 5.92 Å². The Labute approximate surface area is 102 Å². The molecule has 0 unspecified atom stereocenters. The highest BCUT2D eigenvalue weighted by Gasteiger charge is 2.05. The van der Waals surface area contributed by atoms with Gasteiger partial charge >= 0.3 is 0 Å². The molecule has 0 aliphatic heterocycles. The Hall–Kier alpha value is -1.36. The zero-order chi connectivity index (χ0) is 12.7. The fraction of sp³-hybridized carbons (Fsp3) is 0.667. The first-order chi connectivity index (χ1) is 8.15. The number of nitrogens with one attached hydrogen (secondary N) is 1. The van der Waals surface area contributed by atoms with Gasteiger partial charge in [-0.1, -0.05) is 13.8 Å². The average molecular weight is 238 g/mol. The molecule has 0 aliphatic carbocycles. The van der Waals surface area contributed by atoms with E-state index in [2.05, 4.69) is 24.1 Å². The van der Waals surface area contributed by atoms with E-state index in [0.29, 0.717) is 18.3 Å². The van der Waals surface area contributed by atoms with E-state index in [1.54, 1.807) is 17.0 Å². The summed E-state index contributed by atoms with van der Waals surface area (Å²) in [5.41, 5.74) is 5.36. The molecule has 0 fully saturated rings. The van der Waals surface area contributed by atoms with Gasteiger partial charge in [-0.15, -0.1) is 0 Å². The van der Waals surface area contributed by atoms with Crippen LogP contribution >= 0.6 is 0 Å². The first-order valence-corrected chi connectivity index (χ1v) is 6.14. The molecule has 0 spiro atoms. The maximum Gasteiger partial charge on any atom is 0.293 e. The van der Waals surface area contributed by atoms with E-state index in [0.717, 1.165) is 25.9 Å². The molecule has 1 heterocycles. The number of hydrogen-bond acceptors (Lipinski definition) is 4. The van der Waals surface area contributed by atoms with E-state index in [1.807, 2.05) is 0 Å². The molecule has 96 valence electrons. The summed E-state index contributed by atoms with van der Waals surface area (Å²) in [6, 6.07) is 0. The Morgan fingerprint density at radius 3 is 2.88 bits per heavy atom. The molecule has 5 heteroatoms. The molecule has 0 aliphatic rings. The van der Waals surface area contributed by atoms with Crippen LogP contribution in [0.1, 0.15) is 26.7 Å². The second-order valence-corrected chi connectivity index (χ2v) is 4.55. The first-order valence-electron chi connectivity index (χ1n) is 6.14. The molecule has 0 aromatic carbocycles. The molecule has 1 aromatic rings. The van der Waals surface area contributed by atoms with Crippen LogP contribution in [0.3, 0.4) is 0 Å². The zero-order valence-corrected chi connectivity index (χ0v) is 10.6. The summed E-state index contributed by atoms with van der Waals surface area (Å²) in [5.74, 6) is 0.880. The standard InChI is InChI=1S/C12H22N4O/c1-10(2)9-16-8-7-15-11(12(16)17)14-6-4-3-5-13/h7-8,10H,3-6,9,13H2,1-2H3,(H,14,15). The van der Waals surface area contributed by atoms with Crippen molar-refractivity contribution in [2.75, 3.05) is 18.4 Å². The van der Waals surface area contributed by atoms with Crippen LogP contribution in [0.25, 0.3) is 0 Å². The van der Waals surface area contributed by atoms with E-state index < -0.39 is 0 Å². The minimum Gasteiger partial charge on any atom is -0.365 e. The molecule has 0 saturated heterocycles. The van der Waals surface area contributed by atoms with Crippen LogP contribution in [0.4, 0.5) is 5.82 Å². The van der Waals surface area contributed by atoms with Gasteiger partial charge in [0.1, 0.15) is 0 Å². The van der Waals surface area contributed by atoms with Gasteiger partial charge in [-0.2, -0.15) is 0 Å². The lowest BCUT2D eigenvalue weighted by molar-refractivity contribution is 0.509. The summed E-state index contributed by atoms with van der Waals surface area (Å²) >= 11 is 0. The topological polar surface area (TPSA) is 72.9 Å². The monoisotopic (exact) mass is 238 g/mol. The molecule has 17 heavy (non-hydrogen) atoms. The molecule has 0 saturated carbocycles. The molecule has 5 nitrogen and oxygen atoms in total. The number of anilines is 1. The lowest BCUT2D eigenvalue weighted by Crippen LogP contribution is -2.26. The highest BCUT2D eigenvalue weighted by atomic mass is 16.1. The first kappa shape index (κ1) is 13.7. The highest BCUT2D eigenvalue weighted by molar-refractivity contribution is 5.30. The van der Waals surface area contributed by atoms with Crippen LogP contribution < -0.4 is 16.6 Å². The van der Waals surface area contributed by atoms with Crippen LogP contribution in [-0.4, -0.2) is 22.6 Å². The molecule has 1 rings (SSSR count). The van der Waals surface area contributed by atoms with Gasteiger partial charge in [-0.25, -0.2) is 4.98 Å². The summed E-state index contributed by atoms with van der Waals surface area (Å²) in [6.45, 7) is 6.31. The number of aromatic nitrogens is 2. The quantitative estimate of drug-likeness (QED) is 0.696. The fourth-order valence-electron chi connectivity index (χ4n) is 1.58. The van der Waals surface area contributed by atoms with Crippen molar-refractivity contribution in [1.29, 1.82) is 0 Å². The molecule has 3 N–H and O–H groups in total. The Bertz CT molecular complexity index is 386. The van der Waals surface area contributed by atoms with Gasteiger partial charge in [0, 0.05) is 25.5 Å². The van der Waals surface area contributed by atoms with Crippen molar-refractivity contribution in [2.45, 2.75) is 33.2 Å². The molecule has 0 bridgehead atoms. The van der Waals surface area contributed by atoms with Gasteiger partial charge in [0.15, 0.2) is 5.82 Å². The van der Waals surface area contributed by atoms with Crippen molar-refractivity contribution in [3.8, 4) is 0 Å². The normalized spacial score (nSPS) is 10.8. The third kappa shape index (κ3) is 4.56. The van der Waals surface area contributed by atoms with E-state index in [1.165, 1.54) is 0 Å². The van der Waals surface area contributed by atoms with Crippen LogP contribution in [-0.2, 0) is 6.54 Å². The molecule has 0 radical (unpaired) electrons. The van der Waals surface area contributed by atoms with Gasteiger partial charge in [-0.05, 0) is 25.3 Å². The zero-order valence-electron chi connectivity index (χ0n) is 10.6. The predicted molar refractivity (Wildman–Crippen MR) is 70.1 cm³/mol. The average Bonchev–Trinajstić information content (AvgIpc) is 2.28. The van der Waals surface area contributed by atoms with Gasteiger partial charge in [0.05, 0.1) is 0 Å². The van der Waals surface area contributed by atoms with Crippen molar-refractivity contribution in [3.05, 3.63) is 22.7 Å². The van der Waals surface area contributed by atoms with Gasteiger partial charge in [0.25, 0.3) is 5.56 Å². The second kappa shape index (κ2) is 7.06. The van der Waals surface area contributed by atoms with E-state index in [9.17, 15) is 4.79 Å². The maximum absolute atomic E-state index is 12.0. The van der Waals surface area contributed by atoms with Crippen LogP contribution in [0.15, 0.2) is 17.2 Å². The van der Waals surface area contributed by atoms with E-state index in [4.69, 9.17) is 5.73 Å². The minimum absolute atomic E-state index is 0.0473. The number of hydrogen-bond donors (Lipinski definition) is 2. The van der Waals surface area contributed by atoms with Crippen LogP contribution in [0.2, 0.25) is 0 Å². The van der Waals surface area contributed by atoms with E-state index >= 15 is 0 Å². The summed E-state index contributed by atoms with van der Waals surface area (Å²) in [5, 5.41) is 3.06. The highest BCUT2D eigenvalue weighted by Crippen LogP contribution is 1.99. The largest absolute Gasteiger partial charge is 0.365 e. The lowest BCUT2D eigenvalue weighted by atomic mass is 10.2. The predicted octanol–water partition coefficient (Wildman–Crippen LogP) is 1.05. The number of nitrogens with zero attached hydrogens (tertiary/aromatic N) is 2. The van der Waals surface area contributed by atoms with Crippen molar-refractivity contribution in [2.24, 2.45) is 11.7 Å². The SMILES string of the molecule is CC(C)Cn1ccnc(NCCCCN)c1=O. The summed E-state index contributed by atoms with van der Waals surface area (Å²) in [6.07, 6.45) is 5.30. The fourth-order valence-corrected chi connectivity index (χ4v) is 1.58. The number of unbranched alkanes of at least 4 members (excludes halogenated alkanes) is 1. The smallest absolute Gasteiger partial charge is 0.293 e. The van der Waals surface area contributed by atoms with Crippen LogP contribution in [0.5, 0.6) is 0 Å². The Morgan fingerprint density at radius 2 is 2.24 bits per heavy atom. The van der Waals surface area contributed by atoms with Gasteiger partial charge < -0.3 is 15.6 Å². The maximum atomic E-state index is 12.0.